The van der Waals surface area contributed by atoms with Gasteiger partial charge in [0.15, 0.2) is 0 Å². The Bertz CT molecular complexity index is 294. The van der Waals surface area contributed by atoms with Crippen molar-refractivity contribution in [2.24, 2.45) is 0 Å². The lowest BCUT2D eigenvalue weighted by atomic mass is 10.1. The van der Waals surface area contributed by atoms with E-state index in [1.165, 1.54) is 35.5 Å². The molecule has 0 bridgehead atoms. The smallest absolute Gasteiger partial charge is 0.0291 e. The highest BCUT2D eigenvalue weighted by molar-refractivity contribution is 7.99. The molecule has 1 aromatic rings. The van der Waals surface area contributed by atoms with Crippen molar-refractivity contribution in [1.29, 1.82) is 0 Å². The van der Waals surface area contributed by atoms with Crippen LogP contribution >= 0.6 is 11.8 Å². The molecule has 0 radical (unpaired) electrons. The molecular weight excluding hydrogens is 226 g/mol. The molecule has 1 rings (SSSR count). The predicted molar refractivity (Wildman–Crippen MR) is 78.8 cm³/mol. The summed E-state index contributed by atoms with van der Waals surface area (Å²) >= 11 is 1.96. The van der Waals surface area contributed by atoms with E-state index in [0.717, 1.165) is 6.54 Å². The van der Waals surface area contributed by atoms with Gasteiger partial charge in [-0.1, -0.05) is 32.4 Å². The van der Waals surface area contributed by atoms with Crippen LogP contribution in [-0.2, 0) is 0 Å². The van der Waals surface area contributed by atoms with E-state index < -0.39 is 0 Å². The third-order valence-electron chi connectivity index (χ3n) is 2.85. The Hall–Kier alpha value is -0.470. The largest absolute Gasteiger partial charge is 0.310 e. The molecule has 0 amide bonds. The van der Waals surface area contributed by atoms with E-state index in [0.29, 0.717) is 6.04 Å². The van der Waals surface area contributed by atoms with Crippen LogP contribution in [0.25, 0.3) is 0 Å². The fraction of sp³-hybridized carbons (Fsp3) is 0.600. The molecule has 0 aliphatic carbocycles. The Morgan fingerprint density at radius 3 is 2.41 bits per heavy atom. The van der Waals surface area contributed by atoms with E-state index in [2.05, 4.69) is 50.4 Å². The SMILES string of the molecule is CCCCSc1ccc(C(C)NCCC)cc1. The van der Waals surface area contributed by atoms with Crippen LogP contribution in [0.4, 0.5) is 0 Å². The van der Waals surface area contributed by atoms with Crippen molar-refractivity contribution in [2.45, 2.75) is 51.0 Å². The van der Waals surface area contributed by atoms with Crippen LogP contribution in [0.3, 0.4) is 0 Å². The number of thioether (sulfide) groups is 1. The summed E-state index contributed by atoms with van der Waals surface area (Å²) in [5, 5.41) is 3.51. The highest BCUT2D eigenvalue weighted by Crippen LogP contribution is 2.21. The maximum Gasteiger partial charge on any atom is 0.0291 e. The Kier molecular flexibility index (Phi) is 7.38. The molecule has 0 spiro atoms. The van der Waals surface area contributed by atoms with E-state index in [1.54, 1.807) is 0 Å². The minimum absolute atomic E-state index is 0.463. The second-order valence-electron chi connectivity index (χ2n) is 4.45. The van der Waals surface area contributed by atoms with Crippen molar-refractivity contribution >= 4 is 11.8 Å². The number of rotatable bonds is 8. The Morgan fingerprint density at radius 1 is 1.12 bits per heavy atom. The predicted octanol–water partition coefficient (Wildman–Crippen LogP) is 4.64. The van der Waals surface area contributed by atoms with Gasteiger partial charge in [-0.15, -0.1) is 11.8 Å². The molecule has 0 aliphatic rings. The van der Waals surface area contributed by atoms with Crippen LogP contribution in [0.2, 0.25) is 0 Å². The molecule has 1 N–H and O–H groups in total. The Balaban J connectivity index is 2.43. The molecule has 96 valence electrons. The standard InChI is InChI=1S/C15H25NS/c1-4-6-12-17-15-9-7-14(8-10-15)13(3)16-11-5-2/h7-10,13,16H,4-6,11-12H2,1-3H3. The van der Waals surface area contributed by atoms with E-state index in [4.69, 9.17) is 0 Å². The number of unbranched alkanes of at least 4 members (excludes halogenated alkanes) is 1. The minimum atomic E-state index is 0.463. The fourth-order valence-electron chi connectivity index (χ4n) is 1.67. The molecule has 0 heterocycles. The first-order valence-electron chi connectivity index (χ1n) is 6.74. The zero-order valence-electron chi connectivity index (χ0n) is 11.3. The second-order valence-corrected chi connectivity index (χ2v) is 5.62. The first kappa shape index (κ1) is 14.6. The maximum atomic E-state index is 3.51. The van der Waals surface area contributed by atoms with Crippen LogP contribution in [0.5, 0.6) is 0 Å². The lowest BCUT2D eigenvalue weighted by Gasteiger charge is -2.13. The maximum absolute atomic E-state index is 3.51. The van der Waals surface area contributed by atoms with Crippen molar-refractivity contribution in [3.63, 3.8) is 0 Å². The first-order valence-corrected chi connectivity index (χ1v) is 7.72. The highest BCUT2D eigenvalue weighted by atomic mass is 32.2. The first-order chi connectivity index (χ1) is 8.27. The molecule has 0 saturated heterocycles. The van der Waals surface area contributed by atoms with E-state index in [1.807, 2.05) is 11.8 Å². The molecule has 0 aliphatic heterocycles. The zero-order chi connectivity index (χ0) is 12.5. The molecule has 0 saturated carbocycles. The van der Waals surface area contributed by atoms with Gasteiger partial charge in [-0.3, -0.25) is 0 Å². The lowest BCUT2D eigenvalue weighted by molar-refractivity contribution is 0.570. The van der Waals surface area contributed by atoms with Gasteiger partial charge in [0.25, 0.3) is 0 Å². The molecule has 17 heavy (non-hydrogen) atoms. The summed E-state index contributed by atoms with van der Waals surface area (Å²) in [4.78, 5) is 1.39. The number of hydrogen-bond acceptors (Lipinski definition) is 2. The van der Waals surface area contributed by atoms with Gasteiger partial charge >= 0.3 is 0 Å². The van der Waals surface area contributed by atoms with E-state index in [9.17, 15) is 0 Å². The van der Waals surface area contributed by atoms with Crippen molar-refractivity contribution in [2.75, 3.05) is 12.3 Å². The van der Waals surface area contributed by atoms with Crippen LogP contribution in [-0.4, -0.2) is 12.3 Å². The number of benzene rings is 1. The second kappa shape index (κ2) is 8.60. The monoisotopic (exact) mass is 251 g/mol. The van der Waals surface area contributed by atoms with Gasteiger partial charge in [0.2, 0.25) is 0 Å². The summed E-state index contributed by atoms with van der Waals surface area (Å²) in [6, 6.07) is 9.47. The van der Waals surface area contributed by atoms with Gasteiger partial charge in [-0.2, -0.15) is 0 Å². The molecule has 1 atom stereocenters. The third kappa shape index (κ3) is 5.60. The van der Waals surface area contributed by atoms with Crippen LogP contribution in [0.15, 0.2) is 29.2 Å². The van der Waals surface area contributed by atoms with E-state index >= 15 is 0 Å². The summed E-state index contributed by atoms with van der Waals surface area (Å²) < 4.78 is 0. The average Bonchev–Trinajstić information content (AvgIpc) is 2.37. The Labute approximate surface area is 110 Å². The van der Waals surface area contributed by atoms with Crippen molar-refractivity contribution in [3.05, 3.63) is 29.8 Å². The topological polar surface area (TPSA) is 12.0 Å². The summed E-state index contributed by atoms with van der Waals surface area (Å²) in [7, 11) is 0. The van der Waals surface area contributed by atoms with Gasteiger partial charge in [0.05, 0.1) is 0 Å². The van der Waals surface area contributed by atoms with Crippen LogP contribution in [0, 0.1) is 0 Å². The van der Waals surface area contributed by atoms with Gasteiger partial charge < -0.3 is 5.32 Å². The normalized spacial score (nSPS) is 12.6. The quantitative estimate of drug-likeness (QED) is 0.533. The molecular formula is C15H25NS. The molecule has 1 unspecified atom stereocenters. The highest BCUT2D eigenvalue weighted by Gasteiger charge is 2.03. The summed E-state index contributed by atoms with van der Waals surface area (Å²) in [6.45, 7) is 7.76. The van der Waals surface area contributed by atoms with Crippen molar-refractivity contribution in [1.82, 2.24) is 5.32 Å². The summed E-state index contributed by atoms with van der Waals surface area (Å²) in [5.41, 5.74) is 1.39. The number of hydrogen-bond donors (Lipinski definition) is 1. The minimum Gasteiger partial charge on any atom is -0.310 e. The Morgan fingerprint density at radius 2 is 1.82 bits per heavy atom. The van der Waals surface area contributed by atoms with Crippen LogP contribution < -0.4 is 5.32 Å². The van der Waals surface area contributed by atoms with E-state index in [-0.39, 0.29) is 0 Å². The van der Waals surface area contributed by atoms with Gasteiger partial charge in [-0.05, 0) is 49.8 Å². The van der Waals surface area contributed by atoms with Gasteiger partial charge in [0, 0.05) is 10.9 Å². The molecule has 0 aromatic heterocycles. The lowest BCUT2D eigenvalue weighted by Crippen LogP contribution is -2.19. The van der Waals surface area contributed by atoms with Crippen molar-refractivity contribution < 1.29 is 0 Å². The zero-order valence-corrected chi connectivity index (χ0v) is 12.1. The fourth-order valence-corrected chi connectivity index (χ4v) is 2.66. The summed E-state index contributed by atoms with van der Waals surface area (Å²) in [6.07, 6.45) is 3.78. The van der Waals surface area contributed by atoms with Crippen LogP contribution in [0.1, 0.15) is 51.6 Å². The van der Waals surface area contributed by atoms with Gasteiger partial charge in [-0.25, -0.2) is 0 Å². The average molecular weight is 251 g/mol. The number of nitrogens with one attached hydrogen (secondary N) is 1. The van der Waals surface area contributed by atoms with Gasteiger partial charge in [0.1, 0.15) is 0 Å². The van der Waals surface area contributed by atoms with Crippen molar-refractivity contribution in [3.8, 4) is 0 Å². The summed E-state index contributed by atoms with van der Waals surface area (Å²) in [5.74, 6) is 1.24. The molecule has 1 aromatic carbocycles. The third-order valence-corrected chi connectivity index (χ3v) is 3.95. The molecule has 2 heteroatoms. The molecule has 0 fully saturated rings. The molecule has 1 nitrogen and oxygen atoms in total.